The van der Waals surface area contributed by atoms with Gasteiger partial charge in [-0.3, -0.25) is 9.69 Å². The normalized spacial score (nSPS) is 18.4. The number of carbonyl (C=O) groups excluding carboxylic acids is 1. The van der Waals surface area contributed by atoms with Gasteiger partial charge in [-0.05, 0) is 41.3 Å². The fourth-order valence-corrected chi connectivity index (χ4v) is 4.66. The molecule has 0 radical (unpaired) electrons. The molecule has 0 aliphatic carbocycles. The van der Waals surface area contributed by atoms with Crippen LogP contribution in [0.5, 0.6) is 0 Å². The number of rotatable bonds is 7. The highest BCUT2D eigenvalue weighted by Gasteiger charge is 2.31. The van der Waals surface area contributed by atoms with Gasteiger partial charge in [0.2, 0.25) is 0 Å². The topological polar surface area (TPSA) is 35.6 Å². The van der Waals surface area contributed by atoms with Crippen molar-refractivity contribution in [3.8, 4) is 0 Å². The van der Waals surface area contributed by atoms with E-state index < -0.39 is 6.04 Å². The average molecular weight is 456 g/mol. The fraction of sp³-hybridized carbons (Fsp3) is 0.367. The van der Waals surface area contributed by atoms with Gasteiger partial charge in [0, 0.05) is 31.4 Å². The molecule has 1 aliphatic rings. The maximum atomic E-state index is 13.8. The van der Waals surface area contributed by atoms with Crippen molar-refractivity contribution in [1.82, 2.24) is 9.80 Å². The van der Waals surface area contributed by atoms with Crippen LogP contribution in [-0.4, -0.2) is 48.8 Å². The summed E-state index contributed by atoms with van der Waals surface area (Å²) in [7, 11) is 2.16. The summed E-state index contributed by atoms with van der Waals surface area (Å²) >= 11 is 0. The molecule has 4 nitrogen and oxygen atoms in total. The molecule has 0 spiro atoms. The van der Waals surface area contributed by atoms with Gasteiger partial charge >= 0.3 is 0 Å². The number of ketones is 1. The molecule has 3 aromatic carbocycles. The Morgan fingerprint density at radius 2 is 1.53 bits per heavy atom. The van der Waals surface area contributed by atoms with Crippen LogP contribution in [0.1, 0.15) is 49.5 Å². The summed E-state index contributed by atoms with van der Waals surface area (Å²) in [5, 5.41) is 3.52. The predicted octanol–water partition coefficient (Wildman–Crippen LogP) is 5.70. The van der Waals surface area contributed by atoms with Crippen LogP contribution >= 0.6 is 0 Å². The van der Waals surface area contributed by atoms with Crippen molar-refractivity contribution in [2.45, 2.75) is 38.3 Å². The van der Waals surface area contributed by atoms with Crippen molar-refractivity contribution in [1.29, 1.82) is 0 Å². The van der Waals surface area contributed by atoms with E-state index in [1.54, 1.807) is 0 Å². The number of carbonyl (C=O) groups is 1. The molecular formula is C30H37N3O. The number of piperazine rings is 1. The minimum atomic E-state index is -0.396. The highest BCUT2D eigenvalue weighted by Crippen LogP contribution is 2.29. The van der Waals surface area contributed by atoms with E-state index in [4.69, 9.17) is 0 Å². The van der Waals surface area contributed by atoms with Crippen molar-refractivity contribution in [3.05, 3.63) is 102 Å². The quantitative estimate of drug-likeness (QED) is 0.496. The maximum Gasteiger partial charge on any atom is 0.173 e. The third-order valence-electron chi connectivity index (χ3n) is 6.75. The first-order valence-electron chi connectivity index (χ1n) is 12.2. The zero-order valence-corrected chi connectivity index (χ0v) is 20.9. The number of hydrogen-bond donors (Lipinski definition) is 1. The maximum absolute atomic E-state index is 13.8. The molecule has 1 heterocycles. The Kier molecular flexibility index (Phi) is 7.50. The largest absolute Gasteiger partial charge is 0.372 e. The smallest absolute Gasteiger partial charge is 0.173 e. The van der Waals surface area contributed by atoms with E-state index >= 15 is 0 Å². The number of likely N-dealkylation sites (N-methyl/N-ethyl adjacent to an activating group) is 1. The van der Waals surface area contributed by atoms with Gasteiger partial charge in [-0.1, -0.05) is 93.6 Å². The summed E-state index contributed by atoms with van der Waals surface area (Å²) in [6, 6.07) is 28.9. The summed E-state index contributed by atoms with van der Waals surface area (Å²) in [4.78, 5) is 18.5. The van der Waals surface area contributed by atoms with E-state index in [1.165, 1.54) is 11.1 Å². The zero-order chi connectivity index (χ0) is 24.1. The van der Waals surface area contributed by atoms with Crippen molar-refractivity contribution in [2.24, 2.45) is 0 Å². The number of para-hydroxylation sites is 1. The fourth-order valence-electron chi connectivity index (χ4n) is 4.66. The molecular weight excluding hydrogens is 418 g/mol. The van der Waals surface area contributed by atoms with Crippen LogP contribution in [0.4, 0.5) is 5.69 Å². The summed E-state index contributed by atoms with van der Waals surface area (Å²) in [5.41, 5.74) is 4.58. The molecule has 1 aliphatic heterocycles. The molecule has 3 aromatic rings. The molecule has 1 N–H and O–H groups in total. The standard InChI is InChI=1S/C30H37N3O/c1-30(2,3)25-17-15-24(16-18-25)29(31-26-13-9-6-10-14-26)28(34)22-33-20-19-32(4)21-27(33)23-11-7-5-8-12-23/h5-18,27,29,31H,19-22H2,1-4H3/t27-,29-/m0/s1. The lowest BCUT2D eigenvalue weighted by molar-refractivity contribution is -0.122. The van der Waals surface area contributed by atoms with E-state index in [-0.39, 0.29) is 17.2 Å². The Hall–Kier alpha value is -2.95. The number of nitrogens with one attached hydrogen (secondary N) is 1. The van der Waals surface area contributed by atoms with Crippen LogP contribution in [0, 0.1) is 0 Å². The van der Waals surface area contributed by atoms with Crippen LogP contribution in [0.2, 0.25) is 0 Å². The molecule has 4 heteroatoms. The second-order valence-corrected chi connectivity index (χ2v) is 10.4. The van der Waals surface area contributed by atoms with Crippen LogP contribution in [0.15, 0.2) is 84.9 Å². The third kappa shape index (κ3) is 5.94. The summed E-state index contributed by atoms with van der Waals surface area (Å²) in [6.45, 7) is 9.82. The number of benzene rings is 3. The minimum Gasteiger partial charge on any atom is -0.372 e. The number of anilines is 1. The summed E-state index contributed by atoms with van der Waals surface area (Å²) < 4.78 is 0. The first-order valence-corrected chi connectivity index (χ1v) is 12.2. The number of nitrogens with zero attached hydrogens (tertiary/aromatic N) is 2. The molecule has 0 amide bonds. The van der Waals surface area contributed by atoms with Crippen LogP contribution < -0.4 is 5.32 Å². The van der Waals surface area contributed by atoms with Crippen molar-refractivity contribution >= 4 is 11.5 Å². The Balaban J connectivity index is 1.59. The minimum absolute atomic E-state index is 0.0770. The number of hydrogen-bond acceptors (Lipinski definition) is 4. The van der Waals surface area contributed by atoms with E-state index in [2.05, 4.69) is 91.5 Å². The van der Waals surface area contributed by atoms with Crippen molar-refractivity contribution < 1.29 is 4.79 Å². The van der Waals surface area contributed by atoms with Gasteiger partial charge in [-0.15, -0.1) is 0 Å². The number of Topliss-reactive ketones (excluding diaryl/α,β-unsaturated/α-hetero) is 1. The molecule has 34 heavy (non-hydrogen) atoms. The van der Waals surface area contributed by atoms with Crippen molar-refractivity contribution in [2.75, 3.05) is 38.5 Å². The van der Waals surface area contributed by atoms with E-state index in [0.717, 1.165) is 30.9 Å². The lowest BCUT2D eigenvalue weighted by atomic mass is 9.86. The van der Waals surface area contributed by atoms with Gasteiger partial charge < -0.3 is 10.2 Å². The average Bonchev–Trinajstić information content (AvgIpc) is 2.84. The lowest BCUT2D eigenvalue weighted by Gasteiger charge is -2.40. The van der Waals surface area contributed by atoms with Crippen LogP contribution in [0.3, 0.4) is 0 Å². The first-order chi connectivity index (χ1) is 16.3. The molecule has 0 bridgehead atoms. The Morgan fingerprint density at radius 3 is 2.15 bits per heavy atom. The highest BCUT2D eigenvalue weighted by molar-refractivity contribution is 5.89. The zero-order valence-electron chi connectivity index (χ0n) is 20.9. The lowest BCUT2D eigenvalue weighted by Crippen LogP contribution is -2.49. The molecule has 1 fully saturated rings. The second-order valence-electron chi connectivity index (χ2n) is 10.4. The van der Waals surface area contributed by atoms with Gasteiger partial charge in [0.1, 0.15) is 6.04 Å². The molecule has 0 saturated carbocycles. The molecule has 1 saturated heterocycles. The third-order valence-corrected chi connectivity index (χ3v) is 6.75. The van der Waals surface area contributed by atoms with E-state index in [9.17, 15) is 4.79 Å². The first kappa shape index (κ1) is 24.2. The van der Waals surface area contributed by atoms with E-state index in [0.29, 0.717) is 6.54 Å². The Morgan fingerprint density at radius 1 is 0.912 bits per heavy atom. The van der Waals surface area contributed by atoms with Gasteiger partial charge in [0.25, 0.3) is 0 Å². The van der Waals surface area contributed by atoms with Gasteiger partial charge in [0.05, 0.1) is 6.54 Å². The van der Waals surface area contributed by atoms with E-state index in [1.807, 2.05) is 36.4 Å². The van der Waals surface area contributed by atoms with Gasteiger partial charge in [-0.25, -0.2) is 0 Å². The molecule has 178 valence electrons. The van der Waals surface area contributed by atoms with Gasteiger partial charge in [-0.2, -0.15) is 0 Å². The summed E-state index contributed by atoms with van der Waals surface area (Å²) in [6.07, 6.45) is 0. The SMILES string of the molecule is CN1CCN(CC(=O)[C@@H](Nc2ccccc2)c2ccc(C(C)(C)C)cc2)[C@H](c2ccccc2)C1. The molecule has 0 aromatic heterocycles. The second kappa shape index (κ2) is 10.5. The Labute approximate surface area is 204 Å². The predicted molar refractivity (Wildman–Crippen MR) is 141 cm³/mol. The molecule has 0 unspecified atom stereocenters. The Bertz CT molecular complexity index is 1060. The van der Waals surface area contributed by atoms with Crippen LogP contribution in [-0.2, 0) is 10.2 Å². The van der Waals surface area contributed by atoms with Gasteiger partial charge in [0.15, 0.2) is 5.78 Å². The van der Waals surface area contributed by atoms with Crippen LogP contribution in [0.25, 0.3) is 0 Å². The molecule has 4 rings (SSSR count). The molecule has 2 atom stereocenters. The monoisotopic (exact) mass is 455 g/mol. The highest BCUT2D eigenvalue weighted by atomic mass is 16.1. The summed E-state index contributed by atoms with van der Waals surface area (Å²) in [5.74, 6) is 0.192. The van der Waals surface area contributed by atoms with Crippen molar-refractivity contribution in [3.63, 3.8) is 0 Å².